The first-order chi connectivity index (χ1) is 12.4. The first-order valence-electron chi connectivity index (χ1n) is 8.97. The van der Waals surface area contributed by atoms with Crippen LogP contribution >= 0.6 is 0 Å². The van der Waals surface area contributed by atoms with Crippen LogP contribution in [0.3, 0.4) is 0 Å². The van der Waals surface area contributed by atoms with Gasteiger partial charge in [-0.25, -0.2) is 13.4 Å². The maximum Gasteiger partial charge on any atom is 0.243 e. The molecule has 5 nitrogen and oxygen atoms in total. The quantitative estimate of drug-likeness (QED) is 0.765. The molecule has 0 aliphatic carbocycles. The molecule has 0 bridgehead atoms. The lowest BCUT2D eigenvalue weighted by Gasteiger charge is -2.31. The molecule has 136 valence electrons. The summed E-state index contributed by atoms with van der Waals surface area (Å²) in [4.78, 5) is 8.45. The van der Waals surface area contributed by atoms with E-state index in [1.54, 1.807) is 10.4 Å². The van der Waals surface area contributed by atoms with Crippen LogP contribution in [0.2, 0.25) is 0 Å². The normalized spacial score (nSPS) is 19.1. The van der Waals surface area contributed by atoms with Gasteiger partial charge in [0.25, 0.3) is 0 Å². The summed E-state index contributed by atoms with van der Waals surface area (Å²) >= 11 is 0. The van der Waals surface area contributed by atoms with Gasteiger partial charge in [0.15, 0.2) is 0 Å². The average molecular weight is 369 g/mol. The number of piperidine rings is 1. The molecule has 0 amide bonds. The zero-order chi connectivity index (χ0) is 18.3. The Morgan fingerprint density at radius 3 is 2.73 bits per heavy atom. The van der Waals surface area contributed by atoms with Crippen LogP contribution < -0.4 is 0 Å². The van der Waals surface area contributed by atoms with Gasteiger partial charge in [0.1, 0.15) is 5.82 Å². The molecule has 2 aromatic carbocycles. The predicted molar refractivity (Wildman–Crippen MR) is 103 cm³/mol. The Morgan fingerprint density at radius 2 is 1.96 bits per heavy atom. The monoisotopic (exact) mass is 369 g/mol. The molecule has 1 aliphatic rings. The van der Waals surface area contributed by atoms with Crippen molar-refractivity contribution in [1.29, 1.82) is 0 Å². The Hall–Kier alpha value is -2.18. The van der Waals surface area contributed by atoms with Crippen molar-refractivity contribution in [2.24, 2.45) is 0 Å². The summed E-state index contributed by atoms with van der Waals surface area (Å²) in [6.45, 7) is 4.87. The van der Waals surface area contributed by atoms with Crippen molar-refractivity contribution in [1.82, 2.24) is 14.3 Å². The summed E-state index contributed by atoms with van der Waals surface area (Å²) in [6.07, 6.45) is 1.78. The van der Waals surface area contributed by atoms with Gasteiger partial charge in [-0.15, -0.1) is 0 Å². The van der Waals surface area contributed by atoms with Crippen LogP contribution in [-0.2, 0) is 10.0 Å². The summed E-state index contributed by atoms with van der Waals surface area (Å²) in [5.41, 5.74) is 3.80. The summed E-state index contributed by atoms with van der Waals surface area (Å²) in [7, 11) is -3.49. The van der Waals surface area contributed by atoms with Crippen LogP contribution in [0.15, 0.2) is 47.4 Å². The topological polar surface area (TPSA) is 66.1 Å². The fraction of sp³-hybridized carbons (Fsp3) is 0.350. The molecule has 2 heterocycles. The second kappa shape index (κ2) is 6.52. The first kappa shape index (κ1) is 17.2. The van der Waals surface area contributed by atoms with Crippen LogP contribution in [0.4, 0.5) is 0 Å². The molecule has 1 fully saturated rings. The first-order valence-corrected chi connectivity index (χ1v) is 10.4. The highest BCUT2D eigenvalue weighted by Crippen LogP contribution is 2.31. The van der Waals surface area contributed by atoms with Gasteiger partial charge in [-0.05, 0) is 50.5 Å². The standard InChI is InChI=1S/C20H23N3O2S/c1-14-9-10-19(15(2)12-14)26(24,25)23-11-5-6-16(13-23)20-21-17-7-3-4-8-18(17)22-20/h3-4,7-10,12,16H,5-6,11,13H2,1-2H3,(H,21,22). The van der Waals surface area contributed by atoms with E-state index in [9.17, 15) is 8.42 Å². The summed E-state index contributed by atoms with van der Waals surface area (Å²) in [5.74, 6) is 0.975. The van der Waals surface area contributed by atoms with Crippen LogP contribution in [0, 0.1) is 13.8 Å². The maximum atomic E-state index is 13.2. The second-order valence-corrected chi connectivity index (χ2v) is 9.02. The van der Waals surface area contributed by atoms with Crippen molar-refractivity contribution in [2.75, 3.05) is 13.1 Å². The molecule has 1 aliphatic heterocycles. The molecule has 3 aromatic rings. The number of para-hydroxylation sites is 2. The molecule has 1 saturated heterocycles. The number of H-pyrrole nitrogens is 1. The largest absolute Gasteiger partial charge is 0.342 e. The number of nitrogens with one attached hydrogen (secondary N) is 1. The van der Waals surface area contributed by atoms with Gasteiger partial charge in [-0.2, -0.15) is 4.31 Å². The van der Waals surface area contributed by atoms with Gasteiger partial charge in [0, 0.05) is 19.0 Å². The minimum atomic E-state index is -3.49. The Bertz CT molecular complexity index is 1020. The number of rotatable bonds is 3. The van der Waals surface area contributed by atoms with Crippen LogP contribution in [0.25, 0.3) is 11.0 Å². The maximum absolute atomic E-state index is 13.2. The molecule has 26 heavy (non-hydrogen) atoms. The minimum Gasteiger partial charge on any atom is -0.342 e. The highest BCUT2D eigenvalue weighted by Gasteiger charge is 2.32. The third-order valence-corrected chi connectivity index (χ3v) is 7.15. The zero-order valence-corrected chi connectivity index (χ0v) is 15.9. The fourth-order valence-electron chi connectivity index (χ4n) is 3.78. The Kier molecular flexibility index (Phi) is 4.32. The number of aromatic amines is 1. The molecule has 1 aromatic heterocycles. The molecule has 1 N–H and O–H groups in total. The zero-order valence-electron chi connectivity index (χ0n) is 15.1. The van der Waals surface area contributed by atoms with E-state index in [0.29, 0.717) is 18.0 Å². The minimum absolute atomic E-state index is 0.0941. The molecule has 1 unspecified atom stereocenters. The molecule has 4 rings (SSSR count). The van der Waals surface area contributed by atoms with Crippen molar-refractivity contribution in [3.63, 3.8) is 0 Å². The van der Waals surface area contributed by atoms with Crippen LogP contribution in [0.1, 0.15) is 35.7 Å². The third kappa shape index (κ3) is 3.04. The summed E-state index contributed by atoms with van der Waals surface area (Å²) < 4.78 is 27.9. The smallest absolute Gasteiger partial charge is 0.243 e. The Labute approximate surface area is 154 Å². The molecule has 0 saturated carbocycles. The van der Waals surface area contributed by atoms with E-state index < -0.39 is 10.0 Å². The van der Waals surface area contributed by atoms with E-state index >= 15 is 0 Å². The predicted octanol–water partition coefficient (Wildman–Crippen LogP) is 3.75. The van der Waals surface area contributed by atoms with E-state index in [4.69, 9.17) is 0 Å². The Morgan fingerprint density at radius 1 is 1.15 bits per heavy atom. The van der Waals surface area contributed by atoms with Crippen LogP contribution in [0.5, 0.6) is 0 Å². The van der Waals surface area contributed by atoms with Gasteiger partial charge < -0.3 is 4.98 Å². The lowest BCUT2D eigenvalue weighted by Crippen LogP contribution is -2.39. The highest BCUT2D eigenvalue weighted by atomic mass is 32.2. The molecular formula is C20H23N3O2S. The number of sulfonamides is 1. The van der Waals surface area contributed by atoms with E-state index in [2.05, 4.69) is 9.97 Å². The van der Waals surface area contributed by atoms with Crippen LogP contribution in [-0.4, -0.2) is 35.8 Å². The Balaban J connectivity index is 1.63. The number of hydrogen-bond donors (Lipinski definition) is 1. The van der Waals surface area contributed by atoms with Crippen molar-refractivity contribution >= 4 is 21.1 Å². The molecule has 1 atom stereocenters. The van der Waals surface area contributed by atoms with Gasteiger partial charge in [-0.1, -0.05) is 29.8 Å². The van der Waals surface area contributed by atoms with Crippen molar-refractivity contribution in [3.05, 3.63) is 59.4 Å². The number of hydrogen-bond acceptors (Lipinski definition) is 3. The highest BCUT2D eigenvalue weighted by molar-refractivity contribution is 7.89. The SMILES string of the molecule is Cc1ccc(S(=O)(=O)N2CCCC(c3nc4ccccc4[nH]3)C2)c(C)c1. The van der Waals surface area contributed by atoms with Crippen molar-refractivity contribution in [2.45, 2.75) is 37.5 Å². The van der Waals surface area contributed by atoms with E-state index in [-0.39, 0.29) is 5.92 Å². The number of aromatic nitrogens is 2. The molecule has 0 radical (unpaired) electrons. The van der Waals surface area contributed by atoms with Crippen molar-refractivity contribution < 1.29 is 8.42 Å². The summed E-state index contributed by atoms with van der Waals surface area (Å²) in [5, 5.41) is 0. The van der Waals surface area contributed by atoms with Gasteiger partial charge in [-0.3, -0.25) is 0 Å². The summed E-state index contributed by atoms with van der Waals surface area (Å²) in [6, 6.07) is 13.4. The number of nitrogens with zero attached hydrogens (tertiary/aromatic N) is 2. The third-order valence-electron chi connectivity index (χ3n) is 5.13. The van der Waals surface area contributed by atoms with Gasteiger partial charge in [0.2, 0.25) is 10.0 Å². The fourth-order valence-corrected chi connectivity index (χ4v) is 5.51. The number of benzene rings is 2. The lowest BCUT2D eigenvalue weighted by atomic mass is 9.99. The van der Waals surface area contributed by atoms with E-state index in [0.717, 1.165) is 40.8 Å². The van der Waals surface area contributed by atoms with Gasteiger partial charge >= 0.3 is 0 Å². The van der Waals surface area contributed by atoms with Gasteiger partial charge in [0.05, 0.1) is 15.9 Å². The average Bonchev–Trinajstić information content (AvgIpc) is 3.06. The molecule has 6 heteroatoms. The number of aryl methyl sites for hydroxylation is 2. The second-order valence-electron chi connectivity index (χ2n) is 7.11. The number of fused-ring (bicyclic) bond motifs is 1. The van der Waals surface area contributed by atoms with E-state index in [1.165, 1.54) is 0 Å². The number of imidazole rings is 1. The lowest BCUT2D eigenvalue weighted by molar-refractivity contribution is 0.310. The van der Waals surface area contributed by atoms with E-state index in [1.807, 2.05) is 50.2 Å². The van der Waals surface area contributed by atoms with Crippen molar-refractivity contribution in [3.8, 4) is 0 Å². The molecular weight excluding hydrogens is 346 g/mol. The molecule has 0 spiro atoms.